The normalized spacial score (nSPS) is 12.1. The molecule has 0 fully saturated rings. The topological polar surface area (TPSA) is 69.4 Å². The van der Waals surface area contributed by atoms with Crippen LogP contribution in [0.2, 0.25) is 0 Å². The minimum absolute atomic E-state index is 0.0478. The third-order valence-corrected chi connectivity index (χ3v) is 3.86. The summed E-state index contributed by atoms with van der Waals surface area (Å²) in [6, 6.07) is 0. The van der Waals surface area contributed by atoms with Gasteiger partial charge in [-0.05, 0) is 32.6 Å². The molecule has 0 aromatic rings. The van der Waals surface area contributed by atoms with E-state index in [2.05, 4.69) is 6.92 Å². The molecule has 0 amide bonds. The molecule has 4 heteroatoms. The first kappa shape index (κ1) is 21.1. The third kappa shape index (κ3) is 14.1. The quantitative estimate of drug-likeness (QED) is 0.364. The van der Waals surface area contributed by atoms with E-state index in [0.29, 0.717) is 12.8 Å². The Morgan fingerprint density at radius 3 is 2.14 bits per heavy atom. The smallest absolute Gasteiger partial charge is 0.306 e. The van der Waals surface area contributed by atoms with Gasteiger partial charge in [-0.3, -0.25) is 9.59 Å². The Hall–Kier alpha value is -0.900. The number of unbranched alkanes of at least 4 members (excludes halogenated alkanes) is 7. The van der Waals surface area contributed by atoms with Crippen molar-refractivity contribution < 1.29 is 14.3 Å². The number of ketones is 1. The summed E-state index contributed by atoms with van der Waals surface area (Å²) < 4.78 is 5.41. The van der Waals surface area contributed by atoms with Crippen LogP contribution in [0.5, 0.6) is 0 Å². The van der Waals surface area contributed by atoms with Crippen molar-refractivity contribution in [2.45, 2.75) is 97.0 Å². The number of esters is 1. The summed E-state index contributed by atoms with van der Waals surface area (Å²) in [6.07, 6.45) is 11.9. The molecule has 0 bridgehead atoms. The fourth-order valence-corrected chi connectivity index (χ4v) is 2.42. The van der Waals surface area contributed by atoms with Crippen LogP contribution in [0.3, 0.4) is 0 Å². The minimum atomic E-state index is -0.0682. The molecule has 0 aliphatic carbocycles. The van der Waals surface area contributed by atoms with Crippen LogP contribution in [0.25, 0.3) is 0 Å². The maximum Gasteiger partial charge on any atom is 0.306 e. The zero-order chi connectivity index (χ0) is 16.6. The summed E-state index contributed by atoms with van der Waals surface area (Å²) >= 11 is 0. The van der Waals surface area contributed by atoms with Gasteiger partial charge >= 0.3 is 5.97 Å². The van der Waals surface area contributed by atoms with Gasteiger partial charge in [-0.2, -0.15) is 0 Å². The van der Waals surface area contributed by atoms with E-state index >= 15 is 0 Å². The van der Waals surface area contributed by atoms with Crippen LogP contribution in [0, 0.1) is 0 Å². The molecule has 2 N–H and O–H groups in total. The van der Waals surface area contributed by atoms with Crippen molar-refractivity contribution in [3.63, 3.8) is 0 Å². The van der Waals surface area contributed by atoms with Crippen molar-refractivity contribution in [2.75, 3.05) is 6.54 Å². The largest absolute Gasteiger partial charge is 0.463 e. The average Bonchev–Trinajstić information content (AvgIpc) is 2.50. The SMILES string of the molecule is CCCCCCC(C)OC(=O)CCCCCCCC(=O)CN. The molecule has 0 radical (unpaired) electrons. The zero-order valence-electron chi connectivity index (χ0n) is 14.6. The van der Waals surface area contributed by atoms with E-state index < -0.39 is 0 Å². The number of carbonyl (C=O) groups excluding carboxylic acids is 2. The maximum atomic E-state index is 11.7. The summed E-state index contributed by atoms with van der Waals surface area (Å²) in [6.45, 7) is 4.33. The summed E-state index contributed by atoms with van der Waals surface area (Å²) in [7, 11) is 0. The van der Waals surface area contributed by atoms with Crippen LogP contribution < -0.4 is 5.73 Å². The van der Waals surface area contributed by atoms with E-state index in [9.17, 15) is 9.59 Å². The van der Waals surface area contributed by atoms with Gasteiger partial charge in [0.15, 0.2) is 0 Å². The fourth-order valence-electron chi connectivity index (χ4n) is 2.42. The van der Waals surface area contributed by atoms with Gasteiger partial charge in [-0.25, -0.2) is 0 Å². The Balaban J connectivity index is 3.40. The molecule has 22 heavy (non-hydrogen) atoms. The van der Waals surface area contributed by atoms with Crippen LogP contribution in [0.1, 0.15) is 90.9 Å². The highest BCUT2D eigenvalue weighted by atomic mass is 16.5. The van der Waals surface area contributed by atoms with Crippen molar-refractivity contribution in [2.24, 2.45) is 5.73 Å². The van der Waals surface area contributed by atoms with Crippen LogP contribution in [-0.4, -0.2) is 24.4 Å². The lowest BCUT2D eigenvalue weighted by molar-refractivity contribution is -0.148. The minimum Gasteiger partial charge on any atom is -0.463 e. The zero-order valence-corrected chi connectivity index (χ0v) is 14.6. The maximum absolute atomic E-state index is 11.7. The first-order valence-corrected chi connectivity index (χ1v) is 9.01. The predicted octanol–water partition coefficient (Wildman–Crippen LogP) is 4.15. The summed E-state index contributed by atoms with van der Waals surface area (Å²) in [5.41, 5.74) is 5.25. The second kappa shape index (κ2) is 15.0. The van der Waals surface area contributed by atoms with E-state index in [-0.39, 0.29) is 24.4 Å². The Kier molecular flexibility index (Phi) is 14.4. The number of rotatable bonds is 15. The highest BCUT2D eigenvalue weighted by molar-refractivity contribution is 5.80. The second-order valence-electron chi connectivity index (χ2n) is 6.16. The lowest BCUT2D eigenvalue weighted by Crippen LogP contribution is -2.14. The van der Waals surface area contributed by atoms with Gasteiger partial charge in [-0.15, -0.1) is 0 Å². The molecule has 4 nitrogen and oxygen atoms in total. The van der Waals surface area contributed by atoms with E-state index in [1.165, 1.54) is 19.3 Å². The number of hydrogen-bond acceptors (Lipinski definition) is 4. The molecule has 0 aromatic heterocycles. The van der Waals surface area contributed by atoms with Gasteiger partial charge < -0.3 is 10.5 Å². The van der Waals surface area contributed by atoms with Gasteiger partial charge in [0.25, 0.3) is 0 Å². The average molecular weight is 313 g/mol. The Labute approximate surface area is 136 Å². The number of ether oxygens (including phenoxy) is 1. The van der Waals surface area contributed by atoms with Crippen LogP contribution in [-0.2, 0) is 14.3 Å². The Morgan fingerprint density at radius 2 is 1.50 bits per heavy atom. The first-order chi connectivity index (χ1) is 10.6. The Bertz CT molecular complexity index is 292. The summed E-state index contributed by atoms with van der Waals surface area (Å²) in [5.74, 6) is 0.0674. The third-order valence-electron chi connectivity index (χ3n) is 3.86. The molecule has 0 aromatic carbocycles. The second-order valence-corrected chi connectivity index (χ2v) is 6.16. The monoisotopic (exact) mass is 313 g/mol. The van der Waals surface area contributed by atoms with Crippen LogP contribution in [0.4, 0.5) is 0 Å². The van der Waals surface area contributed by atoms with Gasteiger partial charge in [-0.1, -0.05) is 45.4 Å². The molecule has 0 aliphatic heterocycles. The molecule has 0 saturated heterocycles. The summed E-state index contributed by atoms with van der Waals surface area (Å²) in [4.78, 5) is 22.7. The molecule has 1 unspecified atom stereocenters. The van der Waals surface area contributed by atoms with Gasteiger partial charge in [0.1, 0.15) is 5.78 Å². The van der Waals surface area contributed by atoms with Crippen molar-refractivity contribution in [1.29, 1.82) is 0 Å². The molecular formula is C18H35NO3. The van der Waals surface area contributed by atoms with Crippen molar-refractivity contribution in [3.8, 4) is 0 Å². The van der Waals surface area contributed by atoms with E-state index in [0.717, 1.165) is 44.9 Å². The molecule has 130 valence electrons. The predicted molar refractivity (Wildman–Crippen MR) is 90.7 cm³/mol. The number of nitrogens with two attached hydrogens (primary N) is 1. The molecule has 0 heterocycles. The lowest BCUT2D eigenvalue weighted by atomic mass is 10.1. The molecule has 1 atom stereocenters. The standard InChI is InChI=1S/C18H35NO3/c1-3-4-5-9-12-16(2)22-18(21)14-11-8-6-7-10-13-17(20)15-19/h16H,3-15,19H2,1-2H3. The molecule has 0 rings (SSSR count). The van der Waals surface area contributed by atoms with Gasteiger partial charge in [0.2, 0.25) is 0 Å². The van der Waals surface area contributed by atoms with Crippen LogP contribution >= 0.6 is 0 Å². The van der Waals surface area contributed by atoms with Crippen molar-refractivity contribution in [3.05, 3.63) is 0 Å². The highest BCUT2D eigenvalue weighted by Crippen LogP contribution is 2.11. The lowest BCUT2D eigenvalue weighted by Gasteiger charge is -2.13. The number of carbonyl (C=O) groups is 2. The fraction of sp³-hybridized carbons (Fsp3) is 0.889. The van der Waals surface area contributed by atoms with Gasteiger partial charge in [0.05, 0.1) is 12.6 Å². The van der Waals surface area contributed by atoms with Crippen molar-refractivity contribution >= 4 is 11.8 Å². The number of Topliss-reactive ketones (excluding diaryl/α,β-unsaturated/α-hetero) is 1. The molecule has 0 saturated carbocycles. The van der Waals surface area contributed by atoms with Crippen molar-refractivity contribution in [1.82, 2.24) is 0 Å². The Morgan fingerprint density at radius 1 is 0.909 bits per heavy atom. The number of hydrogen-bond donors (Lipinski definition) is 1. The van der Waals surface area contributed by atoms with E-state index in [1.807, 2.05) is 6.92 Å². The van der Waals surface area contributed by atoms with Gasteiger partial charge in [0, 0.05) is 12.8 Å². The summed E-state index contributed by atoms with van der Waals surface area (Å²) in [5, 5.41) is 0. The van der Waals surface area contributed by atoms with Crippen LogP contribution in [0.15, 0.2) is 0 Å². The first-order valence-electron chi connectivity index (χ1n) is 9.01. The highest BCUT2D eigenvalue weighted by Gasteiger charge is 2.08. The molecule has 0 aliphatic rings. The molecule has 0 spiro atoms. The van der Waals surface area contributed by atoms with E-state index in [1.54, 1.807) is 0 Å². The van der Waals surface area contributed by atoms with E-state index in [4.69, 9.17) is 10.5 Å². The molecular weight excluding hydrogens is 278 g/mol.